The van der Waals surface area contributed by atoms with Gasteiger partial charge in [0.2, 0.25) is 0 Å². The second-order valence-electron chi connectivity index (χ2n) is 5.42. The number of nitrogens with one attached hydrogen (secondary N) is 1. The first-order valence-corrected chi connectivity index (χ1v) is 8.40. The number of halogens is 2. The molecule has 0 bridgehead atoms. The lowest BCUT2D eigenvalue weighted by Crippen LogP contribution is -2.47. The van der Waals surface area contributed by atoms with E-state index >= 15 is 0 Å². The zero-order valence-corrected chi connectivity index (χ0v) is 14.7. The van der Waals surface area contributed by atoms with Crippen molar-refractivity contribution in [3.63, 3.8) is 0 Å². The van der Waals surface area contributed by atoms with Crippen molar-refractivity contribution in [2.75, 3.05) is 25.0 Å². The molecule has 0 saturated carbocycles. The van der Waals surface area contributed by atoms with Gasteiger partial charge in [0, 0.05) is 18.1 Å². The van der Waals surface area contributed by atoms with Crippen LogP contribution in [0.25, 0.3) is 0 Å². The van der Waals surface area contributed by atoms with Crippen LogP contribution in [0.1, 0.15) is 19.8 Å². The smallest absolute Gasteiger partial charge is 0.313 e. The number of rotatable bonds is 3. The molecule has 1 unspecified atom stereocenters. The van der Waals surface area contributed by atoms with E-state index in [4.69, 9.17) is 27.9 Å². The summed E-state index contributed by atoms with van der Waals surface area (Å²) in [7, 11) is 0. The zero-order chi connectivity index (χ0) is 17.7. The Bertz CT molecular complexity index is 651. The Morgan fingerprint density at radius 2 is 2.08 bits per heavy atom. The molecule has 1 heterocycles. The highest BCUT2D eigenvalue weighted by Crippen LogP contribution is 2.25. The van der Waals surface area contributed by atoms with E-state index in [1.165, 1.54) is 17.0 Å². The molecule has 1 aromatic rings. The number of anilines is 1. The van der Waals surface area contributed by atoms with E-state index in [0.29, 0.717) is 36.7 Å². The van der Waals surface area contributed by atoms with Gasteiger partial charge in [0.15, 0.2) is 0 Å². The number of piperidine rings is 1. The van der Waals surface area contributed by atoms with Crippen molar-refractivity contribution in [2.45, 2.75) is 19.8 Å². The third-order valence-electron chi connectivity index (χ3n) is 3.70. The number of likely N-dealkylation sites (tertiary alicyclic amines) is 1. The van der Waals surface area contributed by atoms with Crippen molar-refractivity contribution in [3.8, 4) is 0 Å². The molecule has 0 aromatic heterocycles. The molecule has 2 rings (SSSR count). The first-order chi connectivity index (χ1) is 11.4. The standard InChI is InChI=1S/C16H18Cl2N2O4/c1-2-24-16(23)10-4-3-7-20(9-10)15(22)14(21)19-13-6-5-11(17)8-12(13)18/h5-6,8,10H,2-4,7,9H2,1H3,(H,19,21). The molecule has 1 fully saturated rings. The van der Waals surface area contributed by atoms with E-state index in [2.05, 4.69) is 5.32 Å². The van der Waals surface area contributed by atoms with Crippen LogP contribution in [0.15, 0.2) is 18.2 Å². The summed E-state index contributed by atoms with van der Waals surface area (Å²) in [6.07, 6.45) is 1.29. The second kappa shape index (κ2) is 8.35. The number of hydrogen-bond acceptors (Lipinski definition) is 4. The van der Waals surface area contributed by atoms with E-state index < -0.39 is 17.7 Å². The zero-order valence-electron chi connectivity index (χ0n) is 13.2. The third-order valence-corrected chi connectivity index (χ3v) is 4.25. The minimum Gasteiger partial charge on any atom is -0.466 e. The Kier molecular flexibility index (Phi) is 6.45. The van der Waals surface area contributed by atoms with Crippen molar-refractivity contribution in [1.82, 2.24) is 4.90 Å². The summed E-state index contributed by atoms with van der Waals surface area (Å²) < 4.78 is 4.99. The van der Waals surface area contributed by atoms with Gasteiger partial charge in [0.25, 0.3) is 0 Å². The number of ether oxygens (including phenoxy) is 1. The number of esters is 1. The number of amides is 2. The van der Waals surface area contributed by atoms with Crippen molar-refractivity contribution >= 4 is 46.7 Å². The van der Waals surface area contributed by atoms with E-state index in [-0.39, 0.29) is 17.5 Å². The molecule has 1 saturated heterocycles. The van der Waals surface area contributed by atoms with E-state index in [0.717, 1.165) is 0 Å². The van der Waals surface area contributed by atoms with Gasteiger partial charge in [-0.05, 0) is 38.0 Å². The molecule has 1 atom stereocenters. The Morgan fingerprint density at radius 1 is 1.33 bits per heavy atom. The summed E-state index contributed by atoms with van der Waals surface area (Å²) in [4.78, 5) is 37.6. The van der Waals surface area contributed by atoms with E-state index in [1.54, 1.807) is 13.0 Å². The van der Waals surface area contributed by atoms with Gasteiger partial charge in [-0.25, -0.2) is 0 Å². The van der Waals surface area contributed by atoms with Crippen LogP contribution in [0.4, 0.5) is 5.69 Å². The molecule has 2 amide bonds. The summed E-state index contributed by atoms with van der Waals surface area (Å²) in [5.41, 5.74) is 0.304. The van der Waals surface area contributed by atoms with Crippen molar-refractivity contribution in [3.05, 3.63) is 28.2 Å². The highest BCUT2D eigenvalue weighted by atomic mass is 35.5. The predicted octanol–water partition coefficient (Wildman–Crippen LogP) is 2.73. The van der Waals surface area contributed by atoms with Gasteiger partial charge in [-0.2, -0.15) is 0 Å². The Morgan fingerprint density at radius 3 is 2.75 bits per heavy atom. The van der Waals surface area contributed by atoms with Crippen LogP contribution in [-0.4, -0.2) is 42.4 Å². The number of nitrogens with zero attached hydrogens (tertiary/aromatic N) is 1. The fraction of sp³-hybridized carbons (Fsp3) is 0.438. The lowest BCUT2D eigenvalue weighted by atomic mass is 9.98. The molecule has 1 aromatic carbocycles. The number of carbonyl (C=O) groups is 3. The monoisotopic (exact) mass is 372 g/mol. The largest absolute Gasteiger partial charge is 0.466 e. The second-order valence-corrected chi connectivity index (χ2v) is 6.26. The topological polar surface area (TPSA) is 75.7 Å². The third kappa shape index (κ3) is 4.61. The summed E-state index contributed by atoms with van der Waals surface area (Å²) >= 11 is 11.8. The van der Waals surface area contributed by atoms with Gasteiger partial charge in [-0.1, -0.05) is 23.2 Å². The highest BCUT2D eigenvalue weighted by molar-refractivity contribution is 6.42. The molecule has 1 aliphatic rings. The molecule has 0 spiro atoms. The molecule has 1 N–H and O–H groups in total. The maximum absolute atomic E-state index is 12.3. The minimum atomic E-state index is -0.802. The van der Waals surface area contributed by atoms with Crippen LogP contribution in [0, 0.1) is 5.92 Å². The average molecular weight is 373 g/mol. The maximum Gasteiger partial charge on any atom is 0.313 e. The Balaban J connectivity index is 1.99. The molecular weight excluding hydrogens is 355 g/mol. The van der Waals surface area contributed by atoms with Crippen LogP contribution < -0.4 is 5.32 Å². The van der Waals surface area contributed by atoms with Crippen LogP contribution >= 0.6 is 23.2 Å². The maximum atomic E-state index is 12.3. The van der Waals surface area contributed by atoms with Crippen LogP contribution in [0.3, 0.4) is 0 Å². The fourth-order valence-electron chi connectivity index (χ4n) is 2.52. The molecule has 130 valence electrons. The lowest BCUT2D eigenvalue weighted by Gasteiger charge is -2.31. The lowest BCUT2D eigenvalue weighted by molar-refractivity contribution is -0.153. The predicted molar refractivity (Wildman–Crippen MR) is 91.0 cm³/mol. The first-order valence-electron chi connectivity index (χ1n) is 7.64. The molecule has 24 heavy (non-hydrogen) atoms. The van der Waals surface area contributed by atoms with E-state index in [9.17, 15) is 14.4 Å². The van der Waals surface area contributed by atoms with Crippen LogP contribution in [-0.2, 0) is 19.1 Å². The number of benzene rings is 1. The Labute approximate surface area is 150 Å². The van der Waals surface area contributed by atoms with Crippen molar-refractivity contribution in [2.24, 2.45) is 5.92 Å². The molecule has 1 aliphatic heterocycles. The van der Waals surface area contributed by atoms with Gasteiger partial charge < -0.3 is 15.0 Å². The van der Waals surface area contributed by atoms with Crippen molar-refractivity contribution in [1.29, 1.82) is 0 Å². The van der Waals surface area contributed by atoms with Crippen molar-refractivity contribution < 1.29 is 19.1 Å². The van der Waals surface area contributed by atoms with E-state index in [1.807, 2.05) is 0 Å². The molecule has 0 aliphatic carbocycles. The van der Waals surface area contributed by atoms with Crippen LogP contribution in [0.2, 0.25) is 10.0 Å². The average Bonchev–Trinajstić information content (AvgIpc) is 2.57. The van der Waals surface area contributed by atoms with Gasteiger partial charge in [-0.3, -0.25) is 14.4 Å². The summed E-state index contributed by atoms with van der Waals surface area (Å²) in [5.74, 6) is -2.23. The first kappa shape index (κ1) is 18.5. The number of hydrogen-bond donors (Lipinski definition) is 1. The van der Waals surface area contributed by atoms with Gasteiger partial charge in [-0.15, -0.1) is 0 Å². The highest BCUT2D eigenvalue weighted by Gasteiger charge is 2.32. The Hall–Kier alpha value is -1.79. The summed E-state index contributed by atoms with van der Waals surface area (Å²) in [6, 6.07) is 4.56. The van der Waals surface area contributed by atoms with Gasteiger partial charge in [0.05, 0.1) is 23.2 Å². The van der Waals surface area contributed by atoms with Gasteiger partial charge in [0.1, 0.15) is 0 Å². The fourth-order valence-corrected chi connectivity index (χ4v) is 2.98. The quantitative estimate of drug-likeness (QED) is 0.653. The molecular formula is C16H18Cl2N2O4. The van der Waals surface area contributed by atoms with Gasteiger partial charge >= 0.3 is 17.8 Å². The normalized spacial score (nSPS) is 17.3. The SMILES string of the molecule is CCOC(=O)C1CCCN(C(=O)C(=O)Nc2ccc(Cl)cc2Cl)C1. The summed E-state index contributed by atoms with van der Waals surface area (Å²) in [6.45, 7) is 2.63. The molecule has 6 nitrogen and oxygen atoms in total. The van der Waals surface area contributed by atoms with Crippen LogP contribution in [0.5, 0.6) is 0 Å². The molecule has 0 radical (unpaired) electrons. The number of carbonyl (C=O) groups excluding carboxylic acids is 3. The molecule has 8 heteroatoms. The summed E-state index contributed by atoms with van der Waals surface area (Å²) in [5, 5.41) is 3.14. The minimum absolute atomic E-state index is 0.180.